The summed E-state index contributed by atoms with van der Waals surface area (Å²) in [5, 5.41) is 13.3. The second kappa shape index (κ2) is 4.56. The Hall–Kier alpha value is -2.50. The van der Waals surface area contributed by atoms with Gasteiger partial charge in [0.2, 0.25) is 5.95 Å². The summed E-state index contributed by atoms with van der Waals surface area (Å²) in [5.41, 5.74) is 1.73. The summed E-state index contributed by atoms with van der Waals surface area (Å²) in [6.45, 7) is 0. The van der Waals surface area contributed by atoms with E-state index in [1.54, 1.807) is 31.6 Å². The molecule has 0 aliphatic rings. The standard InChI is InChI=1S/C11H10N4O2/c1-12-11-13-6-9(7-14-11)8-2-4-10(5-3-8)15(16)17/h2-7H,1H3,(H,12,13,14). The maximum atomic E-state index is 10.5. The number of nitro groups is 1. The van der Waals surface area contributed by atoms with E-state index in [4.69, 9.17) is 0 Å². The first-order chi connectivity index (χ1) is 8.20. The fourth-order valence-corrected chi connectivity index (χ4v) is 1.38. The van der Waals surface area contributed by atoms with Gasteiger partial charge in [-0.3, -0.25) is 10.1 Å². The minimum atomic E-state index is -0.426. The molecule has 6 heteroatoms. The maximum Gasteiger partial charge on any atom is 0.269 e. The average Bonchev–Trinajstić information content (AvgIpc) is 2.39. The van der Waals surface area contributed by atoms with Crippen LogP contribution in [-0.4, -0.2) is 21.9 Å². The molecule has 0 fully saturated rings. The van der Waals surface area contributed by atoms with E-state index in [0.717, 1.165) is 11.1 Å². The van der Waals surface area contributed by atoms with E-state index < -0.39 is 4.92 Å². The van der Waals surface area contributed by atoms with Crippen LogP contribution in [0.5, 0.6) is 0 Å². The summed E-state index contributed by atoms with van der Waals surface area (Å²) in [6, 6.07) is 6.27. The number of non-ortho nitro benzene ring substituents is 1. The summed E-state index contributed by atoms with van der Waals surface area (Å²) in [6.07, 6.45) is 3.33. The van der Waals surface area contributed by atoms with Crippen LogP contribution in [0.25, 0.3) is 11.1 Å². The van der Waals surface area contributed by atoms with Crippen molar-refractivity contribution >= 4 is 11.6 Å². The van der Waals surface area contributed by atoms with Crippen molar-refractivity contribution in [1.29, 1.82) is 0 Å². The van der Waals surface area contributed by atoms with Gasteiger partial charge < -0.3 is 5.32 Å². The van der Waals surface area contributed by atoms with Gasteiger partial charge in [-0.25, -0.2) is 9.97 Å². The predicted molar refractivity (Wildman–Crippen MR) is 63.7 cm³/mol. The number of nitrogens with zero attached hydrogens (tertiary/aromatic N) is 3. The first-order valence-corrected chi connectivity index (χ1v) is 4.95. The van der Waals surface area contributed by atoms with Crippen molar-refractivity contribution in [2.45, 2.75) is 0 Å². The Bertz CT molecular complexity index is 522. The van der Waals surface area contributed by atoms with Gasteiger partial charge in [0.25, 0.3) is 5.69 Å². The molecular formula is C11H10N4O2. The summed E-state index contributed by atoms with van der Waals surface area (Å²) in [7, 11) is 1.74. The van der Waals surface area contributed by atoms with Gasteiger partial charge in [-0.2, -0.15) is 0 Å². The van der Waals surface area contributed by atoms with E-state index >= 15 is 0 Å². The summed E-state index contributed by atoms with van der Waals surface area (Å²) in [5.74, 6) is 0.538. The third-order valence-corrected chi connectivity index (χ3v) is 2.29. The highest BCUT2D eigenvalue weighted by Gasteiger charge is 2.05. The molecule has 0 aliphatic carbocycles. The molecule has 86 valence electrons. The van der Waals surface area contributed by atoms with Gasteiger partial charge in [-0.15, -0.1) is 0 Å². The summed E-state index contributed by atoms with van der Waals surface area (Å²) in [4.78, 5) is 18.2. The van der Waals surface area contributed by atoms with Gasteiger partial charge in [0, 0.05) is 37.1 Å². The lowest BCUT2D eigenvalue weighted by Gasteiger charge is -2.01. The first-order valence-electron chi connectivity index (χ1n) is 4.95. The number of hydrogen-bond donors (Lipinski definition) is 1. The van der Waals surface area contributed by atoms with Crippen LogP contribution in [0.1, 0.15) is 0 Å². The highest BCUT2D eigenvalue weighted by atomic mass is 16.6. The molecule has 0 atom stereocenters. The summed E-state index contributed by atoms with van der Waals surface area (Å²) < 4.78 is 0. The zero-order chi connectivity index (χ0) is 12.3. The lowest BCUT2D eigenvalue weighted by molar-refractivity contribution is -0.384. The molecule has 2 aromatic rings. The van der Waals surface area contributed by atoms with Gasteiger partial charge in [0.15, 0.2) is 0 Å². The second-order valence-corrected chi connectivity index (χ2v) is 3.35. The molecule has 1 aromatic carbocycles. The Morgan fingerprint density at radius 1 is 1.12 bits per heavy atom. The maximum absolute atomic E-state index is 10.5. The molecular weight excluding hydrogens is 220 g/mol. The Kier molecular flexibility index (Phi) is 2.95. The quantitative estimate of drug-likeness (QED) is 0.645. The van der Waals surface area contributed by atoms with Gasteiger partial charge in [-0.05, 0) is 17.7 Å². The molecule has 0 spiro atoms. The molecule has 17 heavy (non-hydrogen) atoms. The minimum absolute atomic E-state index is 0.0708. The van der Waals surface area contributed by atoms with Crippen LogP contribution in [0.15, 0.2) is 36.7 Å². The molecule has 0 saturated carbocycles. The van der Waals surface area contributed by atoms with Crippen LogP contribution in [0.4, 0.5) is 11.6 Å². The number of hydrogen-bond acceptors (Lipinski definition) is 5. The largest absolute Gasteiger partial charge is 0.357 e. The van der Waals surface area contributed by atoms with Crippen molar-refractivity contribution < 1.29 is 4.92 Å². The average molecular weight is 230 g/mol. The van der Waals surface area contributed by atoms with E-state index in [1.807, 2.05) is 0 Å². The number of nitrogens with one attached hydrogen (secondary N) is 1. The highest BCUT2D eigenvalue weighted by molar-refractivity contribution is 5.63. The SMILES string of the molecule is CNc1ncc(-c2ccc([N+](=O)[O-])cc2)cn1. The van der Waals surface area contributed by atoms with Crippen LogP contribution in [0.3, 0.4) is 0 Å². The van der Waals surface area contributed by atoms with Crippen molar-refractivity contribution in [3.63, 3.8) is 0 Å². The Morgan fingerprint density at radius 3 is 2.18 bits per heavy atom. The van der Waals surface area contributed by atoms with E-state index in [1.165, 1.54) is 12.1 Å². The topological polar surface area (TPSA) is 81.0 Å². The van der Waals surface area contributed by atoms with Gasteiger partial charge in [0.05, 0.1) is 4.92 Å². The van der Waals surface area contributed by atoms with Crippen molar-refractivity contribution in [2.24, 2.45) is 0 Å². The Morgan fingerprint density at radius 2 is 1.71 bits per heavy atom. The fourth-order valence-electron chi connectivity index (χ4n) is 1.38. The van der Waals surface area contributed by atoms with E-state index in [-0.39, 0.29) is 5.69 Å². The second-order valence-electron chi connectivity index (χ2n) is 3.35. The lowest BCUT2D eigenvalue weighted by Crippen LogP contribution is -1.95. The summed E-state index contributed by atoms with van der Waals surface area (Å²) >= 11 is 0. The third-order valence-electron chi connectivity index (χ3n) is 2.29. The van der Waals surface area contributed by atoms with Crippen molar-refractivity contribution in [3.8, 4) is 11.1 Å². The molecule has 0 amide bonds. The molecule has 0 saturated heterocycles. The number of anilines is 1. The molecule has 0 aliphatic heterocycles. The molecule has 0 radical (unpaired) electrons. The van der Waals surface area contributed by atoms with Crippen LogP contribution in [-0.2, 0) is 0 Å². The molecule has 2 rings (SSSR count). The van der Waals surface area contributed by atoms with Crippen molar-refractivity contribution in [3.05, 3.63) is 46.8 Å². The number of benzene rings is 1. The zero-order valence-electron chi connectivity index (χ0n) is 9.12. The first kappa shape index (κ1) is 11.0. The Labute approximate surface area is 97.5 Å². The van der Waals surface area contributed by atoms with E-state index in [0.29, 0.717) is 5.95 Å². The smallest absolute Gasteiger partial charge is 0.269 e. The van der Waals surface area contributed by atoms with Crippen LogP contribution >= 0.6 is 0 Å². The fraction of sp³-hybridized carbons (Fsp3) is 0.0909. The van der Waals surface area contributed by atoms with E-state index in [2.05, 4.69) is 15.3 Å². The molecule has 0 unspecified atom stereocenters. The number of aromatic nitrogens is 2. The molecule has 1 heterocycles. The lowest BCUT2D eigenvalue weighted by atomic mass is 10.1. The van der Waals surface area contributed by atoms with Crippen LogP contribution < -0.4 is 5.32 Å². The Balaban J connectivity index is 2.29. The zero-order valence-corrected chi connectivity index (χ0v) is 9.12. The van der Waals surface area contributed by atoms with Crippen molar-refractivity contribution in [1.82, 2.24) is 9.97 Å². The highest BCUT2D eigenvalue weighted by Crippen LogP contribution is 2.21. The van der Waals surface area contributed by atoms with Crippen molar-refractivity contribution in [2.75, 3.05) is 12.4 Å². The van der Waals surface area contributed by atoms with Gasteiger partial charge >= 0.3 is 0 Å². The predicted octanol–water partition coefficient (Wildman–Crippen LogP) is 2.09. The molecule has 1 aromatic heterocycles. The molecule has 0 bridgehead atoms. The number of nitro benzene ring substituents is 1. The van der Waals surface area contributed by atoms with Gasteiger partial charge in [0.1, 0.15) is 0 Å². The van der Waals surface area contributed by atoms with Gasteiger partial charge in [-0.1, -0.05) is 0 Å². The monoisotopic (exact) mass is 230 g/mol. The third kappa shape index (κ3) is 2.36. The molecule has 1 N–H and O–H groups in total. The van der Waals surface area contributed by atoms with Crippen LogP contribution in [0.2, 0.25) is 0 Å². The van der Waals surface area contributed by atoms with E-state index in [9.17, 15) is 10.1 Å². The normalized spacial score (nSPS) is 9.94. The molecule has 6 nitrogen and oxygen atoms in total. The number of rotatable bonds is 3. The minimum Gasteiger partial charge on any atom is -0.357 e. The van der Waals surface area contributed by atoms with Crippen LogP contribution in [0, 0.1) is 10.1 Å².